The Labute approximate surface area is 150 Å². The Balaban J connectivity index is 1.71. The highest BCUT2D eigenvalue weighted by Crippen LogP contribution is 2.23. The van der Waals surface area contributed by atoms with E-state index in [0.29, 0.717) is 17.3 Å². The van der Waals surface area contributed by atoms with Crippen molar-refractivity contribution in [3.63, 3.8) is 0 Å². The molecule has 5 nitrogen and oxygen atoms in total. The number of aromatic nitrogens is 2. The van der Waals surface area contributed by atoms with E-state index in [1.165, 1.54) is 11.3 Å². The zero-order valence-electron chi connectivity index (χ0n) is 14.1. The molecule has 0 saturated heterocycles. The molecule has 25 heavy (non-hydrogen) atoms. The van der Waals surface area contributed by atoms with Crippen molar-refractivity contribution in [1.29, 1.82) is 0 Å². The normalized spacial score (nSPS) is 10.7. The van der Waals surface area contributed by atoms with Crippen LogP contribution in [0.4, 0.5) is 5.13 Å². The van der Waals surface area contributed by atoms with Crippen molar-refractivity contribution in [3.05, 3.63) is 70.7 Å². The number of rotatable bonds is 6. The fourth-order valence-corrected chi connectivity index (χ4v) is 2.97. The molecule has 0 aliphatic rings. The molecule has 0 radical (unpaired) electrons. The number of anilines is 1. The number of carbonyl (C=O) groups excluding carboxylic acids is 1. The van der Waals surface area contributed by atoms with E-state index < -0.39 is 0 Å². The molecule has 0 spiro atoms. The lowest BCUT2D eigenvalue weighted by Crippen LogP contribution is -2.15. The zero-order valence-corrected chi connectivity index (χ0v) is 14.9. The van der Waals surface area contributed by atoms with Gasteiger partial charge in [-0.15, -0.1) is 10.2 Å². The molecule has 0 bridgehead atoms. The second-order valence-electron chi connectivity index (χ2n) is 5.81. The third-order valence-electron chi connectivity index (χ3n) is 3.55. The van der Waals surface area contributed by atoms with E-state index in [4.69, 9.17) is 4.74 Å². The SMILES string of the molecule is CC(C)c1nnc(NC(=O)c2ccccc2COc2ccccc2)s1. The third-order valence-corrected chi connectivity index (χ3v) is 4.69. The zero-order chi connectivity index (χ0) is 17.6. The van der Waals surface area contributed by atoms with E-state index in [2.05, 4.69) is 15.5 Å². The van der Waals surface area contributed by atoms with E-state index in [0.717, 1.165) is 16.3 Å². The summed E-state index contributed by atoms with van der Waals surface area (Å²) in [7, 11) is 0. The highest BCUT2D eigenvalue weighted by molar-refractivity contribution is 7.15. The van der Waals surface area contributed by atoms with Crippen LogP contribution >= 0.6 is 11.3 Å². The summed E-state index contributed by atoms with van der Waals surface area (Å²) in [6.07, 6.45) is 0. The summed E-state index contributed by atoms with van der Waals surface area (Å²) in [6, 6.07) is 16.9. The molecule has 0 saturated carbocycles. The van der Waals surface area contributed by atoms with Gasteiger partial charge in [0.15, 0.2) is 0 Å². The number of para-hydroxylation sites is 1. The maximum Gasteiger partial charge on any atom is 0.257 e. The molecule has 0 aliphatic heterocycles. The molecule has 0 aliphatic carbocycles. The first-order valence-electron chi connectivity index (χ1n) is 8.04. The molecule has 1 N–H and O–H groups in total. The minimum absolute atomic E-state index is 0.210. The van der Waals surface area contributed by atoms with Gasteiger partial charge in [0, 0.05) is 17.0 Å². The predicted octanol–water partition coefficient (Wildman–Crippen LogP) is 4.49. The van der Waals surface area contributed by atoms with Gasteiger partial charge in [0.1, 0.15) is 17.4 Å². The van der Waals surface area contributed by atoms with Crippen molar-refractivity contribution in [2.75, 3.05) is 5.32 Å². The quantitative estimate of drug-likeness (QED) is 0.709. The molecule has 0 unspecified atom stereocenters. The first-order valence-corrected chi connectivity index (χ1v) is 8.85. The summed E-state index contributed by atoms with van der Waals surface area (Å²) in [5, 5.41) is 12.3. The maximum atomic E-state index is 12.6. The van der Waals surface area contributed by atoms with Crippen LogP contribution in [0.15, 0.2) is 54.6 Å². The van der Waals surface area contributed by atoms with Crippen molar-refractivity contribution in [3.8, 4) is 5.75 Å². The number of benzene rings is 2. The molecule has 0 fully saturated rings. The number of hydrogen-bond acceptors (Lipinski definition) is 5. The molecule has 0 atom stereocenters. The van der Waals surface area contributed by atoms with Crippen LogP contribution < -0.4 is 10.1 Å². The Bertz CT molecular complexity index is 847. The molecule has 1 heterocycles. The summed E-state index contributed by atoms with van der Waals surface area (Å²) in [6.45, 7) is 4.41. The van der Waals surface area contributed by atoms with Crippen molar-refractivity contribution in [2.45, 2.75) is 26.4 Å². The Morgan fingerprint density at radius 2 is 1.80 bits per heavy atom. The average Bonchev–Trinajstić information content (AvgIpc) is 3.10. The first kappa shape index (κ1) is 17.1. The van der Waals surface area contributed by atoms with Gasteiger partial charge >= 0.3 is 0 Å². The first-order chi connectivity index (χ1) is 12.1. The molecule has 6 heteroatoms. The fourth-order valence-electron chi connectivity index (χ4n) is 2.23. The van der Waals surface area contributed by atoms with Gasteiger partial charge in [-0.2, -0.15) is 0 Å². The molecule has 2 aromatic carbocycles. The van der Waals surface area contributed by atoms with E-state index in [9.17, 15) is 4.79 Å². The third kappa shape index (κ3) is 4.42. The van der Waals surface area contributed by atoms with Crippen LogP contribution in [-0.2, 0) is 6.61 Å². The summed E-state index contributed by atoms with van der Waals surface area (Å²) >= 11 is 1.39. The van der Waals surface area contributed by atoms with Crippen LogP contribution in [0.1, 0.15) is 40.7 Å². The largest absolute Gasteiger partial charge is 0.489 e. The van der Waals surface area contributed by atoms with Gasteiger partial charge in [-0.05, 0) is 18.2 Å². The fraction of sp³-hybridized carbons (Fsp3) is 0.211. The van der Waals surface area contributed by atoms with Gasteiger partial charge in [-0.1, -0.05) is 61.6 Å². The van der Waals surface area contributed by atoms with E-state index in [1.807, 2.05) is 62.4 Å². The van der Waals surface area contributed by atoms with Gasteiger partial charge in [0.25, 0.3) is 5.91 Å². The van der Waals surface area contributed by atoms with Crippen LogP contribution in [0.3, 0.4) is 0 Å². The monoisotopic (exact) mass is 353 g/mol. The van der Waals surface area contributed by atoms with Crippen molar-refractivity contribution in [2.24, 2.45) is 0 Å². The van der Waals surface area contributed by atoms with Gasteiger partial charge < -0.3 is 4.74 Å². The van der Waals surface area contributed by atoms with Crippen LogP contribution in [0.5, 0.6) is 5.75 Å². The smallest absolute Gasteiger partial charge is 0.257 e. The number of nitrogens with zero attached hydrogens (tertiary/aromatic N) is 2. The number of ether oxygens (including phenoxy) is 1. The standard InChI is InChI=1S/C19H19N3O2S/c1-13(2)18-21-22-19(25-18)20-17(23)16-11-7-6-8-14(16)12-24-15-9-4-3-5-10-15/h3-11,13H,12H2,1-2H3,(H,20,22,23). The van der Waals surface area contributed by atoms with Gasteiger partial charge in [0.05, 0.1) is 0 Å². The molecular formula is C19H19N3O2S. The lowest BCUT2D eigenvalue weighted by atomic mass is 10.1. The molecule has 1 amide bonds. The Kier molecular flexibility index (Phi) is 5.40. The number of carbonyl (C=O) groups is 1. The topological polar surface area (TPSA) is 64.1 Å². The second kappa shape index (κ2) is 7.90. The predicted molar refractivity (Wildman–Crippen MR) is 99.2 cm³/mol. The van der Waals surface area contributed by atoms with E-state index >= 15 is 0 Å². The molecular weight excluding hydrogens is 334 g/mol. The minimum Gasteiger partial charge on any atom is -0.489 e. The number of hydrogen-bond donors (Lipinski definition) is 1. The Morgan fingerprint density at radius 1 is 1.08 bits per heavy atom. The number of nitrogens with one attached hydrogen (secondary N) is 1. The summed E-state index contributed by atoms with van der Waals surface area (Å²) < 4.78 is 5.76. The van der Waals surface area contributed by atoms with Crippen molar-refractivity contribution in [1.82, 2.24) is 10.2 Å². The lowest BCUT2D eigenvalue weighted by molar-refractivity contribution is 0.102. The van der Waals surface area contributed by atoms with Crippen molar-refractivity contribution >= 4 is 22.4 Å². The number of amides is 1. The summed E-state index contributed by atoms with van der Waals surface area (Å²) in [5.41, 5.74) is 1.39. The van der Waals surface area contributed by atoms with Gasteiger partial charge in [-0.3, -0.25) is 10.1 Å². The van der Waals surface area contributed by atoms with Gasteiger partial charge in [-0.25, -0.2) is 0 Å². The summed E-state index contributed by atoms with van der Waals surface area (Å²) in [4.78, 5) is 12.6. The van der Waals surface area contributed by atoms with Crippen LogP contribution in [0.25, 0.3) is 0 Å². The summed E-state index contributed by atoms with van der Waals surface area (Å²) in [5.74, 6) is 0.844. The highest BCUT2D eigenvalue weighted by Gasteiger charge is 2.15. The van der Waals surface area contributed by atoms with E-state index in [-0.39, 0.29) is 11.8 Å². The lowest BCUT2D eigenvalue weighted by Gasteiger charge is -2.10. The minimum atomic E-state index is -0.210. The Hall–Kier alpha value is -2.73. The molecule has 128 valence electrons. The van der Waals surface area contributed by atoms with Crippen LogP contribution in [-0.4, -0.2) is 16.1 Å². The van der Waals surface area contributed by atoms with Gasteiger partial charge in [0.2, 0.25) is 5.13 Å². The van der Waals surface area contributed by atoms with Crippen LogP contribution in [0.2, 0.25) is 0 Å². The molecule has 3 rings (SSSR count). The Morgan fingerprint density at radius 3 is 2.52 bits per heavy atom. The average molecular weight is 353 g/mol. The van der Waals surface area contributed by atoms with Crippen molar-refractivity contribution < 1.29 is 9.53 Å². The highest BCUT2D eigenvalue weighted by atomic mass is 32.1. The maximum absolute atomic E-state index is 12.6. The molecule has 1 aromatic heterocycles. The second-order valence-corrected chi connectivity index (χ2v) is 6.82. The van der Waals surface area contributed by atoms with Crippen LogP contribution in [0, 0.1) is 0 Å². The van der Waals surface area contributed by atoms with E-state index in [1.54, 1.807) is 6.07 Å². The molecule has 3 aromatic rings.